The van der Waals surface area contributed by atoms with Gasteiger partial charge in [0, 0.05) is 0 Å². The van der Waals surface area contributed by atoms with Crippen molar-refractivity contribution in [3.8, 4) is 0 Å². The van der Waals surface area contributed by atoms with Gasteiger partial charge in [0.05, 0.1) is 0 Å². The molecule has 2 nitrogen and oxygen atoms in total. The Balaban J connectivity index is 2.00. The molecule has 0 atom stereocenters. The van der Waals surface area contributed by atoms with E-state index in [1.54, 1.807) is 0 Å². The van der Waals surface area contributed by atoms with Crippen LogP contribution in [-0.2, 0) is 0 Å². The molecule has 1 aliphatic rings. The van der Waals surface area contributed by atoms with Crippen LogP contribution in [0.2, 0.25) is 0 Å². The molecule has 1 saturated heterocycles. The fraction of sp³-hybridized carbons (Fsp3) is 0. The minimum atomic E-state index is 0.250. The van der Waals surface area contributed by atoms with Gasteiger partial charge in [-0.2, -0.15) is 0 Å². The van der Waals surface area contributed by atoms with E-state index in [0.717, 1.165) is 0 Å². The van der Waals surface area contributed by atoms with Crippen molar-refractivity contribution < 1.29 is 0 Å². The Morgan fingerprint density at radius 2 is 1.25 bits per heavy atom. The van der Waals surface area contributed by atoms with Crippen LogP contribution in [0.4, 0.5) is 0 Å². The van der Waals surface area contributed by atoms with Crippen molar-refractivity contribution in [3.63, 3.8) is 0 Å². The van der Waals surface area contributed by atoms with Gasteiger partial charge in [0.15, 0.2) is 0 Å². The van der Waals surface area contributed by atoms with Gasteiger partial charge in [0.1, 0.15) is 0 Å². The average molecular weight is 182 g/mol. The molecule has 0 amide bonds. The first-order valence-corrected chi connectivity index (χ1v) is 5.20. The van der Waals surface area contributed by atoms with Crippen LogP contribution >= 0.6 is 0 Å². The van der Waals surface area contributed by atoms with E-state index in [-0.39, 0.29) is 32.4 Å². The van der Waals surface area contributed by atoms with Gasteiger partial charge in [0.25, 0.3) is 0 Å². The Bertz CT molecular complexity index is 12.0. The molecule has 1 fully saturated rings. The molecule has 0 aromatic rings. The second kappa shape index (κ2) is 1.47. The predicted octanol–water partition coefficient (Wildman–Crippen LogP) is -2.29. The van der Waals surface area contributed by atoms with E-state index < -0.39 is 0 Å². The Morgan fingerprint density at radius 3 is 1.25 bits per heavy atom. The van der Waals surface area contributed by atoms with E-state index in [2.05, 4.69) is 6.30 Å². The third-order valence-electron chi connectivity index (χ3n) is 0.250. The van der Waals surface area contributed by atoms with Crippen molar-refractivity contribution in [2.45, 2.75) is 0 Å². The first kappa shape index (κ1) is 3.24. The van der Waals surface area contributed by atoms with E-state index in [1.165, 1.54) is 0 Å². The van der Waals surface area contributed by atoms with Crippen LogP contribution in [0.3, 0.4) is 0 Å². The molecular formula is H4As2N2. The molecule has 0 unspecified atom stereocenters. The van der Waals surface area contributed by atoms with Gasteiger partial charge in [-0.3, -0.25) is 0 Å². The van der Waals surface area contributed by atoms with E-state index in [4.69, 9.17) is 0 Å². The predicted molar refractivity (Wildman–Crippen MR) is 20.6 cm³/mol. The van der Waals surface area contributed by atoms with E-state index in [0.29, 0.717) is 0 Å². The van der Waals surface area contributed by atoms with Gasteiger partial charge < -0.3 is 0 Å². The summed E-state index contributed by atoms with van der Waals surface area (Å²) in [5, 5.41) is 0. The molecule has 1 heterocycles. The molecule has 4 heteroatoms. The molecule has 24 valence electrons. The number of rotatable bonds is 0. The van der Waals surface area contributed by atoms with Gasteiger partial charge >= 0.3 is 38.7 Å². The maximum atomic E-state index is 3.25. The third-order valence-corrected chi connectivity index (χ3v) is 6.75. The van der Waals surface area contributed by atoms with Crippen molar-refractivity contribution >= 4 is 32.4 Å². The zero-order valence-electron chi connectivity index (χ0n) is 2.00. The van der Waals surface area contributed by atoms with E-state index >= 15 is 0 Å². The second-order valence-corrected chi connectivity index (χ2v) is 8.05. The van der Waals surface area contributed by atoms with Crippen molar-refractivity contribution in [3.05, 3.63) is 0 Å². The average Bonchev–Trinajstić information content (AvgIpc) is 0.722. The van der Waals surface area contributed by atoms with Crippen LogP contribution < -0.4 is 6.30 Å². The molecule has 0 saturated carbocycles. The molecule has 2 N–H and O–H groups in total. The van der Waals surface area contributed by atoms with Gasteiger partial charge in [-0.15, -0.1) is 0 Å². The van der Waals surface area contributed by atoms with Gasteiger partial charge in [-0.05, 0) is 0 Å². The number of hydrogen-bond donors (Lipinski definition) is 2. The summed E-state index contributed by atoms with van der Waals surface area (Å²) in [4.78, 5) is 0. The topological polar surface area (TPSA) is 24.1 Å². The van der Waals surface area contributed by atoms with Crippen LogP contribution in [0, 0.1) is 0 Å². The molecule has 0 aromatic carbocycles. The van der Waals surface area contributed by atoms with Crippen molar-refractivity contribution in [1.29, 1.82) is 0 Å². The third kappa shape index (κ3) is 0.497. The minimum absolute atomic E-state index is 0.250. The molecule has 0 bridgehead atoms. The number of nitrogens with one attached hydrogen (secondary N) is 2. The summed E-state index contributed by atoms with van der Waals surface area (Å²) in [7, 11) is 0. The van der Waals surface area contributed by atoms with Crippen molar-refractivity contribution in [2.75, 3.05) is 0 Å². The molecular weight excluding hydrogens is 178 g/mol. The summed E-state index contributed by atoms with van der Waals surface area (Å²) in [6.45, 7) is 0. The Labute approximate surface area is 39.0 Å². The molecule has 0 aromatic heterocycles. The van der Waals surface area contributed by atoms with Gasteiger partial charge in [-0.25, -0.2) is 0 Å². The van der Waals surface area contributed by atoms with Crippen LogP contribution in [-0.4, -0.2) is 32.4 Å². The Morgan fingerprint density at radius 1 is 1.00 bits per heavy atom. The Hall–Kier alpha value is 1.04. The summed E-state index contributed by atoms with van der Waals surface area (Å²) < 4.78 is 6.50. The molecule has 0 radical (unpaired) electrons. The first-order valence-electron chi connectivity index (χ1n) is 1.00. The molecule has 0 aliphatic carbocycles. The second-order valence-electron chi connectivity index (χ2n) is 0.500. The van der Waals surface area contributed by atoms with E-state index in [9.17, 15) is 0 Å². The van der Waals surface area contributed by atoms with Crippen LogP contribution in [0.5, 0.6) is 0 Å². The van der Waals surface area contributed by atoms with Crippen LogP contribution in [0.15, 0.2) is 0 Å². The summed E-state index contributed by atoms with van der Waals surface area (Å²) in [6.07, 6.45) is 0. The van der Waals surface area contributed by atoms with Gasteiger partial charge in [0.2, 0.25) is 0 Å². The summed E-state index contributed by atoms with van der Waals surface area (Å²) in [5.74, 6) is 0. The summed E-state index contributed by atoms with van der Waals surface area (Å²) in [6, 6.07) is 0. The zero-order chi connectivity index (χ0) is 2.83. The van der Waals surface area contributed by atoms with Gasteiger partial charge in [-0.1, -0.05) is 0 Å². The van der Waals surface area contributed by atoms with Crippen molar-refractivity contribution in [2.24, 2.45) is 0 Å². The zero-order valence-corrected chi connectivity index (χ0v) is 6.20. The first-order chi connectivity index (χ1) is 2.00. The molecule has 0 spiro atoms. The molecule has 4 heavy (non-hydrogen) atoms. The fourth-order valence-corrected chi connectivity index (χ4v) is 1.69. The van der Waals surface area contributed by atoms with Crippen LogP contribution in [0.25, 0.3) is 0 Å². The van der Waals surface area contributed by atoms with Crippen molar-refractivity contribution in [1.82, 2.24) is 6.30 Å². The maximum absolute atomic E-state index is 3.25. The van der Waals surface area contributed by atoms with Crippen LogP contribution in [0.1, 0.15) is 0 Å². The summed E-state index contributed by atoms with van der Waals surface area (Å²) >= 11 is 0.500. The fourth-order valence-electron chi connectivity index (χ4n) is 0.0625. The SMILES string of the molecule is N1[AsH]N[AsH]1. The monoisotopic (exact) mass is 182 g/mol. The molecule has 1 rings (SSSR count). The normalized spacial score (nSPS) is 36.0. The quantitative estimate of drug-likeness (QED) is 0.412. The number of hydrogen-bond acceptors (Lipinski definition) is 2. The standard InChI is InChI=1S/As2H4N2/c1-3-2-4-1/h1-4H. The Kier molecular flexibility index (Phi) is 1.19. The summed E-state index contributed by atoms with van der Waals surface area (Å²) in [5.41, 5.74) is 0. The molecule has 1 aliphatic heterocycles. The van der Waals surface area contributed by atoms with E-state index in [1.807, 2.05) is 0 Å².